The predicted molar refractivity (Wildman–Crippen MR) is 134 cm³/mol. The van der Waals surface area contributed by atoms with E-state index in [0.717, 1.165) is 22.1 Å². The summed E-state index contributed by atoms with van der Waals surface area (Å²) in [6.45, 7) is 2.87. The number of hydrogen-bond acceptors (Lipinski definition) is 5. The normalized spacial score (nSPS) is 18.6. The molecule has 1 saturated heterocycles. The van der Waals surface area contributed by atoms with E-state index in [-0.39, 0.29) is 48.5 Å². The first-order valence-electron chi connectivity index (χ1n) is 9.73. The standard InChI is InChI=1S/C20H31ClN4O3S.HI/c1-25(2)18(27)13-23-19(24-14-20(7-10-26)8-11-28-15-20)22-9-12-29-17-5-3-16(21)4-6-17;/h3-6,26H,7-15H2,1-2H3,(H2,22,23,24);1H. The molecule has 0 radical (unpaired) electrons. The van der Waals surface area contributed by atoms with Crippen LogP contribution in [0.15, 0.2) is 34.2 Å². The lowest BCUT2D eigenvalue weighted by Gasteiger charge is -2.27. The number of hydrogen-bond donors (Lipinski definition) is 3. The first-order valence-corrected chi connectivity index (χ1v) is 11.1. The summed E-state index contributed by atoms with van der Waals surface area (Å²) in [6, 6.07) is 7.75. The number of aliphatic hydroxyl groups excluding tert-OH is 1. The third-order valence-electron chi connectivity index (χ3n) is 4.81. The molecule has 1 atom stereocenters. The minimum Gasteiger partial charge on any atom is -0.396 e. The third kappa shape index (κ3) is 9.59. The van der Waals surface area contributed by atoms with Crippen molar-refractivity contribution in [3.05, 3.63) is 29.3 Å². The van der Waals surface area contributed by atoms with Gasteiger partial charge in [-0.15, -0.1) is 35.7 Å². The van der Waals surface area contributed by atoms with E-state index in [2.05, 4.69) is 15.6 Å². The summed E-state index contributed by atoms with van der Waals surface area (Å²) in [4.78, 5) is 19.0. The summed E-state index contributed by atoms with van der Waals surface area (Å²) in [5, 5.41) is 16.8. The summed E-state index contributed by atoms with van der Waals surface area (Å²) in [5.41, 5.74) is -0.0964. The zero-order valence-corrected chi connectivity index (χ0v) is 21.4. The fourth-order valence-corrected chi connectivity index (χ4v) is 3.81. The molecule has 1 aliphatic heterocycles. The summed E-state index contributed by atoms with van der Waals surface area (Å²) in [6.07, 6.45) is 1.58. The lowest BCUT2D eigenvalue weighted by atomic mass is 9.84. The van der Waals surface area contributed by atoms with Crippen molar-refractivity contribution in [2.24, 2.45) is 10.4 Å². The molecule has 0 bridgehead atoms. The van der Waals surface area contributed by atoms with Gasteiger partial charge in [-0.05, 0) is 37.1 Å². The van der Waals surface area contributed by atoms with Crippen LogP contribution in [0.4, 0.5) is 0 Å². The van der Waals surface area contributed by atoms with E-state index >= 15 is 0 Å². The average Bonchev–Trinajstić information content (AvgIpc) is 3.16. The minimum absolute atomic E-state index is 0. The molecule has 1 aliphatic rings. The number of likely N-dealkylation sites (N-methyl/N-ethyl adjacent to an activating group) is 1. The SMILES string of the molecule is CN(C)C(=O)CN=C(NCCSc1ccc(Cl)cc1)NCC1(CCO)CCOC1.I. The van der Waals surface area contributed by atoms with Crippen LogP contribution in [0, 0.1) is 5.41 Å². The van der Waals surface area contributed by atoms with Crippen LogP contribution in [0.3, 0.4) is 0 Å². The van der Waals surface area contributed by atoms with Crippen LogP contribution in [0.25, 0.3) is 0 Å². The van der Waals surface area contributed by atoms with Gasteiger partial charge < -0.3 is 25.4 Å². The molecule has 0 aliphatic carbocycles. The molecule has 1 fully saturated rings. The van der Waals surface area contributed by atoms with Crippen LogP contribution in [0.2, 0.25) is 5.02 Å². The van der Waals surface area contributed by atoms with Crippen LogP contribution in [0.5, 0.6) is 0 Å². The van der Waals surface area contributed by atoms with Crippen molar-refractivity contribution in [2.45, 2.75) is 17.7 Å². The number of halogens is 2. The van der Waals surface area contributed by atoms with Gasteiger partial charge in [0.1, 0.15) is 6.54 Å². The number of carbonyl (C=O) groups is 1. The molecule has 170 valence electrons. The monoisotopic (exact) mass is 570 g/mol. The Morgan fingerprint density at radius 2 is 2.07 bits per heavy atom. The molecule has 3 N–H and O–H groups in total. The number of thioether (sulfide) groups is 1. The molecule has 0 saturated carbocycles. The van der Waals surface area contributed by atoms with Crippen molar-refractivity contribution in [3.63, 3.8) is 0 Å². The highest BCUT2D eigenvalue weighted by Crippen LogP contribution is 2.31. The highest BCUT2D eigenvalue weighted by atomic mass is 127. The number of aliphatic imine (C=N–C) groups is 1. The average molecular weight is 571 g/mol. The summed E-state index contributed by atoms with van der Waals surface area (Å²) >= 11 is 7.64. The number of nitrogens with zero attached hydrogens (tertiary/aromatic N) is 2. The van der Waals surface area contributed by atoms with Gasteiger partial charge in [0.15, 0.2) is 5.96 Å². The van der Waals surface area contributed by atoms with Crippen LogP contribution in [-0.2, 0) is 9.53 Å². The van der Waals surface area contributed by atoms with Crippen molar-refractivity contribution in [3.8, 4) is 0 Å². The maximum Gasteiger partial charge on any atom is 0.243 e. The van der Waals surface area contributed by atoms with Crippen molar-refractivity contribution in [1.82, 2.24) is 15.5 Å². The number of ether oxygens (including phenoxy) is 1. The molecule has 1 unspecified atom stereocenters. The fourth-order valence-electron chi connectivity index (χ4n) is 2.91. The fraction of sp³-hybridized carbons (Fsp3) is 0.600. The van der Waals surface area contributed by atoms with Crippen molar-refractivity contribution < 1.29 is 14.6 Å². The molecule has 1 heterocycles. The first kappa shape index (κ1) is 27.3. The van der Waals surface area contributed by atoms with Crippen molar-refractivity contribution in [2.75, 3.05) is 59.3 Å². The molecule has 1 amide bonds. The van der Waals surface area contributed by atoms with Gasteiger partial charge in [0.25, 0.3) is 0 Å². The Hall–Kier alpha value is -0.750. The molecule has 1 aromatic rings. The molecule has 7 nitrogen and oxygen atoms in total. The summed E-state index contributed by atoms with van der Waals surface area (Å²) < 4.78 is 5.55. The Morgan fingerprint density at radius 1 is 1.33 bits per heavy atom. The minimum atomic E-state index is -0.0964. The van der Waals surface area contributed by atoms with E-state index in [4.69, 9.17) is 16.3 Å². The van der Waals surface area contributed by atoms with Crippen LogP contribution in [-0.4, -0.2) is 81.2 Å². The Kier molecular flexibility index (Phi) is 13.0. The Bertz CT molecular complexity index is 671. The molecular formula is C20H32ClIN4O3S. The predicted octanol–water partition coefficient (Wildman–Crippen LogP) is 2.46. The first-order chi connectivity index (χ1) is 13.9. The smallest absolute Gasteiger partial charge is 0.243 e. The number of amides is 1. The van der Waals surface area contributed by atoms with Gasteiger partial charge in [-0.25, -0.2) is 4.99 Å². The largest absolute Gasteiger partial charge is 0.396 e. The second kappa shape index (κ2) is 14.3. The van der Waals surface area contributed by atoms with Gasteiger partial charge in [-0.2, -0.15) is 0 Å². The Balaban J connectivity index is 0.00000450. The van der Waals surface area contributed by atoms with Gasteiger partial charge in [0.2, 0.25) is 5.91 Å². The van der Waals surface area contributed by atoms with E-state index in [0.29, 0.717) is 38.7 Å². The third-order valence-corrected chi connectivity index (χ3v) is 6.07. The van der Waals surface area contributed by atoms with E-state index < -0.39 is 0 Å². The maximum atomic E-state index is 11.9. The molecule has 30 heavy (non-hydrogen) atoms. The number of guanidine groups is 1. The lowest BCUT2D eigenvalue weighted by Crippen LogP contribution is -2.45. The van der Waals surface area contributed by atoms with Gasteiger partial charge >= 0.3 is 0 Å². The second-order valence-electron chi connectivity index (χ2n) is 7.31. The molecule has 1 aromatic carbocycles. The molecule has 0 aromatic heterocycles. The quantitative estimate of drug-likeness (QED) is 0.132. The number of carbonyl (C=O) groups excluding carboxylic acids is 1. The zero-order chi connectivity index (χ0) is 21.1. The van der Waals surface area contributed by atoms with Crippen LogP contribution in [0.1, 0.15) is 12.8 Å². The molecule has 0 spiro atoms. The van der Waals surface area contributed by atoms with Gasteiger partial charge in [-0.1, -0.05) is 11.6 Å². The summed E-state index contributed by atoms with van der Waals surface area (Å²) in [5.74, 6) is 1.38. The van der Waals surface area contributed by atoms with E-state index in [9.17, 15) is 9.90 Å². The summed E-state index contributed by atoms with van der Waals surface area (Å²) in [7, 11) is 3.43. The molecular weight excluding hydrogens is 539 g/mol. The van der Waals surface area contributed by atoms with Crippen molar-refractivity contribution >= 4 is 59.2 Å². The highest BCUT2D eigenvalue weighted by Gasteiger charge is 2.34. The second-order valence-corrected chi connectivity index (χ2v) is 8.92. The molecule has 10 heteroatoms. The number of benzene rings is 1. The Morgan fingerprint density at radius 3 is 2.67 bits per heavy atom. The number of nitrogens with one attached hydrogen (secondary N) is 2. The number of aliphatic hydroxyl groups is 1. The lowest BCUT2D eigenvalue weighted by molar-refractivity contribution is -0.127. The van der Waals surface area contributed by atoms with Gasteiger partial charge in [0, 0.05) is 61.5 Å². The Labute approximate surface area is 205 Å². The molecule has 2 rings (SSSR count). The van der Waals surface area contributed by atoms with Crippen LogP contribution < -0.4 is 10.6 Å². The zero-order valence-electron chi connectivity index (χ0n) is 17.5. The van der Waals surface area contributed by atoms with E-state index in [1.165, 1.54) is 4.90 Å². The van der Waals surface area contributed by atoms with E-state index in [1.54, 1.807) is 25.9 Å². The number of rotatable bonds is 10. The van der Waals surface area contributed by atoms with Crippen LogP contribution >= 0.6 is 47.3 Å². The van der Waals surface area contributed by atoms with E-state index in [1.807, 2.05) is 24.3 Å². The highest BCUT2D eigenvalue weighted by molar-refractivity contribution is 14.0. The van der Waals surface area contributed by atoms with Gasteiger partial charge in [0.05, 0.1) is 6.61 Å². The van der Waals surface area contributed by atoms with Gasteiger partial charge in [-0.3, -0.25) is 4.79 Å². The van der Waals surface area contributed by atoms with Crippen molar-refractivity contribution in [1.29, 1.82) is 0 Å². The topological polar surface area (TPSA) is 86.2 Å². The maximum absolute atomic E-state index is 11.9.